The number of ketones is 1. The monoisotopic (exact) mass is 294 g/mol. The van der Waals surface area contributed by atoms with E-state index in [-0.39, 0.29) is 5.78 Å². The third-order valence-corrected chi connectivity index (χ3v) is 5.18. The molecule has 0 aliphatic heterocycles. The molecule has 3 aliphatic carbocycles. The molecule has 2 bridgehead atoms. The molecule has 0 radical (unpaired) electrons. The SMILES string of the molecule is COC12CC(=O)CC(OC)(c3ccccc31)c1ccccc12. The number of carbonyl (C=O) groups excluding carboxylic acids is 1. The molecule has 3 heteroatoms. The number of hydrogen-bond donors (Lipinski definition) is 0. The van der Waals surface area contributed by atoms with Gasteiger partial charge in [0.05, 0.1) is 0 Å². The lowest BCUT2D eigenvalue weighted by Crippen LogP contribution is -2.41. The van der Waals surface area contributed by atoms with Crippen molar-refractivity contribution < 1.29 is 14.3 Å². The average molecular weight is 294 g/mol. The van der Waals surface area contributed by atoms with E-state index in [1.54, 1.807) is 14.2 Å². The highest BCUT2D eigenvalue weighted by Crippen LogP contribution is 2.56. The number of rotatable bonds is 2. The highest BCUT2D eigenvalue weighted by Gasteiger charge is 2.56. The van der Waals surface area contributed by atoms with Crippen LogP contribution in [0, 0.1) is 0 Å². The minimum Gasteiger partial charge on any atom is -0.368 e. The van der Waals surface area contributed by atoms with E-state index in [4.69, 9.17) is 9.47 Å². The lowest BCUT2D eigenvalue weighted by molar-refractivity contribution is -0.126. The van der Waals surface area contributed by atoms with E-state index in [9.17, 15) is 4.79 Å². The first-order valence-electron chi connectivity index (χ1n) is 7.50. The summed E-state index contributed by atoms with van der Waals surface area (Å²) in [7, 11) is 3.37. The molecule has 0 saturated heterocycles. The van der Waals surface area contributed by atoms with Crippen LogP contribution in [-0.2, 0) is 25.5 Å². The van der Waals surface area contributed by atoms with Crippen LogP contribution in [0.15, 0.2) is 48.5 Å². The molecule has 112 valence electrons. The molecule has 0 saturated carbocycles. The minimum absolute atomic E-state index is 0.163. The standard InChI is InChI=1S/C19H18O3/c1-21-18-11-13(20)12-19(22-2,16-9-5-3-7-14(16)18)17-10-6-4-8-15(17)18/h3-10H,11-12H2,1-2H3. The first-order chi connectivity index (χ1) is 10.7. The molecule has 0 fully saturated rings. The van der Waals surface area contributed by atoms with E-state index in [1.807, 2.05) is 24.3 Å². The molecule has 0 spiro atoms. The smallest absolute Gasteiger partial charge is 0.140 e. The van der Waals surface area contributed by atoms with Gasteiger partial charge in [0.2, 0.25) is 0 Å². The maximum atomic E-state index is 12.6. The van der Waals surface area contributed by atoms with E-state index in [1.165, 1.54) is 0 Å². The van der Waals surface area contributed by atoms with Gasteiger partial charge >= 0.3 is 0 Å². The molecule has 22 heavy (non-hydrogen) atoms. The van der Waals surface area contributed by atoms with Crippen LogP contribution in [0.4, 0.5) is 0 Å². The zero-order valence-electron chi connectivity index (χ0n) is 12.8. The largest absolute Gasteiger partial charge is 0.368 e. The topological polar surface area (TPSA) is 35.5 Å². The minimum atomic E-state index is -0.706. The Balaban J connectivity index is 2.18. The maximum absolute atomic E-state index is 12.6. The van der Waals surface area contributed by atoms with Gasteiger partial charge in [0.15, 0.2) is 0 Å². The molecular weight excluding hydrogens is 276 g/mol. The number of hydrogen-bond acceptors (Lipinski definition) is 3. The van der Waals surface area contributed by atoms with Crippen molar-refractivity contribution in [3.05, 3.63) is 70.8 Å². The Kier molecular flexibility index (Phi) is 2.80. The number of carbonyl (C=O) groups is 1. The van der Waals surface area contributed by atoms with E-state index in [2.05, 4.69) is 24.3 Å². The van der Waals surface area contributed by atoms with Gasteiger partial charge in [-0.05, 0) is 22.3 Å². The summed E-state index contributed by atoms with van der Waals surface area (Å²) in [6, 6.07) is 16.2. The van der Waals surface area contributed by atoms with Crippen LogP contribution in [0.3, 0.4) is 0 Å². The van der Waals surface area contributed by atoms with Crippen molar-refractivity contribution in [3.63, 3.8) is 0 Å². The molecule has 3 aliphatic rings. The Bertz CT molecular complexity index is 653. The Labute approximate surface area is 129 Å². The van der Waals surface area contributed by atoms with E-state index in [0.717, 1.165) is 22.3 Å². The van der Waals surface area contributed by atoms with Gasteiger partial charge in [-0.1, -0.05) is 48.5 Å². The quantitative estimate of drug-likeness (QED) is 0.853. The zero-order chi connectivity index (χ0) is 15.4. The van der Waals surface area contributed by atoms with Crippen LogP contribution in [0.2, 0.25) is 0 Å². The summed E-state index contributed by atoms with van der Waals surface area (Å²) >= 11 is 0. The number of Topliss-reactive ketones (excluding diaryl/α,β-unsaturated/α-hetero) is 1. The van der Waals surface area contributed by atoms with Gasteiger partial charge < -0.3 is 9.47 Å². The highest BCUT2D eigenvalue weighted by atomic mass is 16.5. The Morgan fingerprint density at radius 2 is 1.05 bits per heavy atom. The summed E-state index contributed by atoms with van der Waals surface area (Å²) in [5.74, 6) is 0.163. The van der Waals surface area contributed by atoms with Crippen LogP contribution >= 0.6 is 0 Å². The van der Waals surface area contributed by atoms with E-state index >= 15 is 0 Å². The van der Waals surface area contributed by atoms with Crippen molar-refractivity contribution in [1.82, 2.24) is 0 Å². The molecular formula is C19H18O3. The highest BCUT2D eigenvalue weighted by molar-refractivity contribution is 5.86. The molecule has 0 N–H and O–H groups in total. The van der Waals surface area contributed by atoms with Crippen LogP contribution < -0.4 is 0 Å². The molecule has 0 heterocycles. The van der Waals surface area contributed by atoms with Crippen LogP contribution in [0.5, 0.6) is 0 Å². The van der Waals surface area contributed by atoms with Crippen molar-refractivity contribution in [2.75, 3.05) is 14.2 Å². The van der Waals surface area contributed by atoms with Gasteiger partial charge in [0.25, 0.3) is 0 Å². The second kappa shape index (κ2) is 4.51. The second-order valence-electron chi connectivity index (χ2n) is 6.05. The molecule has 2 aromatic carbocycles. The van der Waals surface area contributed by atoms with Crippen LogP contribution in [0.1, 0.15) is 35.1 Å². The second-order valence-corrected chi connectivity index (χ2v) is 6.05. The van der Waals surface area contributed by atoms with Gasteiger partial charge in [-0.25, -0.2) is 0 Å². The van der Waals surface area contributed by atoms with Gasteiger partial charge in [-0.2, -0.15) is 0 Å². The Morgan fingerprint density at radius 1 is 0.727 bits per heavy atom. The molecule has 5 rings (SSSR count). The normalized spacial score (nSPS) is 28.9. The predicted octanol–water partition coefficient (Wildman–Crippen LogP) is 3.14. The fourth-order valence-corrected chi connectivity index (χ4v) is 4.25. The van der Waals surface area contributed by atoms with Crippen LogP contribution in [0.25, 0.3) is 0 Å². The lowest BCUT2D eigenvalue weighted by Gasteiger charge is -2.44. The fourth-order valence-electron chi connectivity index (χ4n) is 4.25. The number of fused-ring (bicyclic) bond motifs is 2. The summed E-state index contributed by atoms with van der Waals surface area (Å²) < 4.78 is 12.0. The van der Waals surface area contributed by atoms with Crippen molar-refractivity contribution in [3.8, 4) is 0 Å². The summed E-state index contributed by atoms with van der Waals surface area (Å²) in [5.41, 5.74) is 2.77. The van der Waals surface area contributed by atoms with Gasteiger partial charge in [-0.3, -0.25) is 4.79 Å². The average Bonchev–Trinajstić information content (AvgIpc) is 2.76. The third kappa shape index (κ3) is 1.45. The molecule has 3 nitrogen and oxygen atoms in total. The Morgan fingerprint density at radius 3 is 1.32 bits per heavy atom. The Hall–Kier alpha value is -1.97. The number of benzene rings is 2. The first-order valence-corrected chi connectivity index (χ1v) is 7.50. The van der Waals surface area contributed by atoms with E-state index in [0.29, 0.717) is 12.8 Å². The van der Waals surface area contributed by atoms with Crippen molar-refractivity contribution in [2.45, 2.75) is 24.0 Å². The summed E-state index contributed by atoms with van der Waals surface area (Å²) in [6.07, 6.45) is 0.700. The van der Waals surface area contributed by atoms with Gasteiger partial charge in [0, 0.05) is 27.1 Å². The van der Waals surface area contributed by atoms with Crippen molar-refractivity contribution >= 4 is 5.78 Å². The molecule has 2 aromatic rings. The fraction of sp³-hybridized carbons (Fsp3) is 0.316. The third-order valence-electron chi connectivity index (χ3n) is 5.18. The van der Waals surface area contributed by atoms with Crippen molar-refractivity contribution in [2.24, 2.45) is 0 Å². The number of methoxy groups -OCH3 is 2. The molecule has 0 amide bonds. The molecule has 0 unspecified atom stereocenters. The lowest BCUT2D eigenvalue weighted by atomic mass is 9.69. The number of ether oxygens (including phenoxy) is 2. The van der Waals surface area contributed by atoms with Gasteiger partial charge in [0.1, 0.15) is 17.0 Å². The van der Waals surface area contributed by atoms with Gasteiger partial charge in [-0.15, -0.1) is 0 Å². The van der Waals surface area contributed by atoms with Crippen LogP contribution in [-0.4, -0.2) is 20.0 Å². The molecule has 0 aromatic heterocycles. The summed E-state index contributed by atoms with van der Waals surface area (Å²) in [6.45, 7) is 0. The van der Waals surface area contributed by atoms with E-state index < -0.39 is 11.2 Å². The summed E-state index contributed by atoms with van der Waals surface area (Å²) in [4.78, 5) is 12.6. The van der Waals surface area contributed by atoms with Crippen molar-refractivity contribution in [1.29, 1.82) is 0 Å². The first kappa shape index (κ1) is 13.7. The maximum Gasteiger partial charge on any atom is 0.140 e. The predicted molar refractivity (Wildman–Crippen MR) is 82.7 cm³/mol. The summed E-state index contributed by atoms with van der Waals surface area (Å²) in [5, 5.41) is 0. The molecule has 0 atom stereocenters. The zero-order valence-corrected chi connectivity index (χ0v) is 12.8.